The SMILES string of the molecule is COc1ccc(N)c(NCC(C)C(C)C)c1. The normalized spacial score (nSPS) is 12.6. The molecule has 3 heteroatoms. The van der Waals surface area contributed by atoms with Gasteiger partial charge in [-0.25, -0.2) is 0 Å². The summed E-state index contributed by atoms with van der Waals surface area (Å²) in [5.41, 5.74) is 7.60. The molecule has 0 aromatic heterocycles. The van der Waals surface area contributed by atoms with Crippen LogP contribution in [0.3, 0.4) is 0 Å². The maximum Gasteiger partial charge on any atom is 0.121 e. The van der Waals surface area contributed by atoms with Gasteiger partial charge in [-0.05, 0) is 24.0 Å². The van der Waals surface area contributed by atoms with Gasteiger partial charge in [0.25, 0.3) is 0 Å². The second-order valence-electron chi connectivity index (χ2n) is 4.56. The average Bonchev–Trinajstić information content (AvgIpc) is 2.27. The summed E-state index contributed by atoms with van der Waals surface area (Å²) in [5.74, 6) is 2.11. The van der Waals surface area contributed by atoms with E-state index in [1.54, 1.807) is 7.11 Å². The highest BCUT2D eigenvalue weighted by molar-refractivity contribution is 5.68. The standard InChI is InChI=1S/C13H22N2O/c1-9(2)10(3)8-15-13-7-11(16-4)5-6-12(13)14/h5-7,9-10,15H,8,14H2,1-4H3. The van der Waals surface area contributed by atoms with Gasteiger partial charge in [0, 0.05) is 12.6 Å². The molecule has 1 atom stereocenters. The first-order valence-electron chi connectivity index (χ1n) is 5.72. The van der Waals surface area contributed by atoms with Crippen LogP contribution in [0, 0.1) is 11.8 Å². The summed E-state index contributed by atoms with van der Waals surface area (Å²) in [6.07, 6.45) is 0. The molecule has 0 radical (unpaired) electrons. The summed E-state index contributed by atoms with van der Waals surface area (Å²) in [4.78, 5) is 0. The number of nitrogens with two attached hydrogens (primary N) is 1. The van der Waals surface area contributed by atoms with Crippen LogP contribution in [0.2, 0.25) is 0 Å². The summed E-state index contributed by atoms with van der Waals surface area (Å²) < 4.78 is 5.17. The van der Waals surface area contributed by atoms with Crippen LogP contribution in [0.25, 0.3) is 0 Å². The number of anilines is 2. The Bertz CT molecular complexity index is 337. The zero-order valence-electron chi connectivity index (χ0n) is 10.6. The lowest BCUT2D eigenvalue weighted by molar-refractivity contribution is 0.414. The third kappa shape index (κ3) is 3.33. The van der Waals surface area contributed by atoms with E-state index in [0.717, 1.165) is 23.7 Å². The van der Waals surface area contributed by atoms with Crippen molar-refractivity contribution in [2.24, 2.45) is 11.8 Å². The van der Waals surface area contributed by atoms with Crippen molar-refractivity contribution in [1.82, 2.24) is 0 Å². The van der Waals surface area contributed by atoms with E-state index < -0.39 is 0 Å². The molecule has 1 aromatic carbocycles. The molecule has 16 heavy (non-hydrogen) atoms. The fourth-order valence-corrected chi connectivity index (χ4v) is 1.32. The number of ether oxygens (including phenoxy) is 1. The third-order valence-electron chi connectivity index (χ3n) is 3.01. The van der Waals surface area contributed by atoms with E-state index in [-0.39, 0.29) is 0 Å². The monoisotopic (exact) mass is 222 g/mol. The molecule has 0 amide bonds. The Hall–Kier alpha value is -1.38. The highest BCUT2D eigenvalue weighted by Crippen LogP contribution is 2.25. The smallest absolute Gasteiger partial charge is 0.121 e. The van der Waals surface area contributed by atoms with Gasteiger partial charge in [-0.3, -0.25) is 0 Å². The Morgan fingerprint density at radius 3 is 2.56 bits per heavy atom. The molecule has 0 saturated heterocycles. The average molecular weight is 222 g/mol. The number of nitrogens with one attached hydrogen (secondary N) is 1. The summed E-state index contributed by atoms with van der Waals surface area (Å²) in [5, 5.41) is 3.36. The fourth-order valence-electron chi connectivity index (χ4n) is 1.32. The van der Waals surface area contributed by atoms with E-state index in [2.05, 4.69) is 26.1 Å². The maximum atomic E-state index is 5.89. The van der Waals surface area contributed by atoms with Gasteiger partial charge in [0.2, 0.25) is 0 Å². The molecule has 1 unspecified atom stereocenters. The van der Waals surface area contributed by atoms with E-state index >= 15 is 0 Å². The highest BCUT2D eigenvalue weighted by atomic mass is 16.5. The van der Waals surface area contributed by atoms with Crippen LogP contribution >= 0.6 is 0 Å². The van der Waals surface area contributed by atoms with E-state index in [0.29, 0.717) is 11.8 Å². The number of hydrogen-bond donors (Lipinski definition) is 2. The van der Waals surface area contributed by atoms with Crippen LogP contribution in [0.1, 0.15) is 20.8 Å². The molecule has 1 aromatic rings. The fraction of sp³-hybridized carbons (Fsp3) is 0.538. The molecule has 0 spiro atoms. The first kappa shape index (κ1) is 12.7. The van der Waals surface area contributed by atoms with Crippen LogP contribution in [0.5, 0.6) is 5.75 Å². The van der Waals surface area contributed by atoms with Gasteiger partial charge in [0.15, 0.2) is 0 Å². The van der Waals surface area contributed by atoms with Crippen molar-refractivity contribution < 1.29 is 4.74 Å². The number of nitrogen functional groups attached to an aromatic ring is 1. The number of hydrogen-bond acceptors (Lipinski definition) is 3. The first-order valence-corrected chi connectivity index (χ1v) is 5.72. The minimum atomic E-state index is 0.616. The second kappa shape index (κ2) is 5.64. The van der Waals surface area contributed by atoms with Crippen molar-refractivity contribution in [3.8, 4) is 5.75 Å². The zero-order chi connectivity index (χ0) is 12.1. The quantitative estimate of drug-likeness (QED) is 0.753. The Balaban J connectivity index is 2.65. The molecule has 0 fully saturated rings. The topological polar surface area (TPSA) is 47.3 Å². The van der Waals surface area contributed by atoms with Gasteiger partial charge in [-0.1, -0.05) is 20.8 Å². The number of methoxy groups -OCH3 is 1. The largest absolute Gasteiger partial charge is 0.497 e. The number of rotatable bonds is 5. The Morgan fingerprint density at radius 2 is 2.00 bits per heavy atom. The first-order chi connectivity index (χ1) is 7.54. The minimum Gasteiger partial charge on any atom is -0.497 e. The van der Waals surface area contributed by atoms with Gasteiger partial charge < -0.3 is 15.8 Å². The molecule has 3 N–H and O–H groups in total. The van der Waals surface area contributed by atoms with E-state index in [1.165, 1.54) is 0 Å². The van der Waals surface area contributed by atoms with Gasteiger partial charge in [-0.2, -0.15) is 0 Å². The van der Waals surface area contributed by atoms with E-state index in [4.69, 9.17) is 10.5 Å². The van der Waals surface area contributed by atoms with Crippen molar-refractivity contribution in [2.45, 2.75) is 20.8 Å². The molecule has 1 rings (SSSR count). The molecule has 0 aliphatic carbocycles. The van der Waals surface area contributed by atoms with Crippen LogP contribution in [0.4, 0.5) is 11.4 Å². The predicted molar refractivity (Wildman–Crippen MR) is 69.9 cm³/mol. The molecular formula is C13H22N2O. The molecule has 0 bridgehead atoms. The summed E-state index contributed by atoms with van der Waals surface area (Å²) in [7, 11) is 1.66. The van der Waals surface area contributed by atoms with Crippen LogP contribution in [0.15, 0.2) is 18.2 Å². The van der Waals surface area contributed by atoms with Gasteiger partial charge in [0.1, 0.15) is 5.75 Å². The molecule has 3 nitrogen and oxygen atoms in total. The summed E-state index contributed by atoms with van der Waals surface area (Å²) in [6, 6.07) is 5.66. The molecule has 90 valence electrons. The Kier molecular flexibility index (Phi) is 4.47. The predicted octanol–water partition coefficient (Wildman–Crippen LogP) is 2.98. The van der Waals surface area contributed by atoms with E-state index in [9.17, 15) is 0 Å². The Morgan fingerprint density at radius 1 is 1.31 bits per heavy atom. The van der Waals surface area contributed by atoms with Crippen LogP contribution in [-0.4, -0.2) is 13.7 Å². The van der Waals surface area contributed by atoms with E-state index in [1.807, 2.05) is 18.2 Å². The number of benzene rings is 1. The summed E-state index contributed by atoms with van der Waals surface area (Å²) >= 11 is 0. The Labute approximate surface area is 98.0 Å². The van der Waals surface area contributed by atoms with Crippen molar-refractivity contribution in [3.63, 3.8) is 0 Å². The minimum absolute atomic E-state index is 0.616. The second-order valence-corrected chi connectivity index (χ2v) is 4.56. The van der Waals surface area contributed by atoms with Crippen LogP contribution < -0.4 is 15.8 Å². The molecule has 0 saturated carbocycles. The van der Waals surface area contributed by atoms with Gasteiger partial charge >= 0.3 is 0 Å². The highest BCUT2D eigenvalue weighted by Gasteiger charge is 2.08. The molecule has 0 aliphatic heterocycles. The lowest BCUT2D eigenvalue weighted by atomic mass is 9.98. The summed E-state index contributed by atoms with van der Waals surface area (Å²) in [6.45, 7) is 7.60. The lowest BCUT2D eigenvalue weighted by Crippen LogP contribution is -2.16. The third-order valence-corrected chi connectivity index (χ3v) is 3.01. The van der Waals surface area contributed by atoms with Gasteiger partial charge in [-0.15, -0.1) is 0 Å². The van der Waals surface area contributed by atoms with Crippen molar-refractivity contribution in [1.29, 1.82) is 0 Å². The maximum absolute atomic E-state index is 5.89. The zero-order valence-corrected chi connectivity index (χ0v) is 10.6. The molecule has 0 aliphatic rings. The van der Waals surface area contributed by atoms with Crippen LogP contribution in [-0.2, 0) is 0 Å². The van der Waals surface area contributed by atoms with Crippen molar-refractivity contribution >= 4 is 11.4 Å². The molecular weight excluding hydrogens is 200 g/mol. The molecule has 0 heterocycles. The van der Waals surface area contributed by atoms with Crippen molar-refractivity contribution in [3.05, 3.63) is 18.2 Å². The van der Waals surface area contributed by atoms with Gasteiger partial charge in [0.05, 0.1) is 18.5 Å². The lowest BCUT2D eigenvalue weighted by Gasteiger charge is -2.18. The van der Waals surface area contributed by atoms with Crippen molar-refractivity contribution in [2.75, 3.05) is 24.7 Å².